The molecule has 4 rings (SSSR count). The molecule has 27 heavy (non-hydrogen) atoms. The molecule has 3 aromatic rings. The van der Waals surface area contributed by atoms with E-state index in [0.29, 0.717) is 16.7 Å². The van der Waals surface area contributed by atoms with E-state index in [1.54, 1.807) is 6.07 Å². The van der Waals surface area contributed by atoms with Crippen molar-refractivity contribution in [3.8, 4) is 0 Å². The molecule has 0 unspecified atom stereocenters. The van der Waals surface area contributed by atoms with Gasteiger partial charge in [0.15, 0.2) is 0 Å². The van der Waals surface area contributed by atoms with Gasteiger partial charge in [0.05, 0.1) is 30.4 Å². The number of ether oxygens (including phenoxy) is 1. The quantitative estimate of drug-likeness (QED) is 0.765. The van der Waals surface area contributed by atoms with Crippen molar-refractivity contribution in [1.82, 2.24) is 9.55 Å². The van der Waals surface area contributed by atoms with Gasteiger partial charge in [-0.3, -0.25) is 14.2 Å². The van der Waals surface area contributed by atoms with Crippen molar-refractivity contribution in [3.05, 3.63) is 65.1 Å². The first-order valence-electron chi connectivity index (χ1n) is 8.88. The molecule has 1 amide bonds. The van der Waals surface area contributed by atoms with Crippen molar-refractivity contribution in [2.75, 3.05) is 36.5 Å². The standard InChI is InChI=1S/C20H20N4O3/c25-19(14-24-18-4-2-1-3-17(18)21-13-20(24)26)22-15-5-7-16(8-6-15)23-9-11-27-12-10-23/h1-8,13H,9-12,14H2,(H,22,25). The number of aromatic nitrogens is 2. The third kappa shape index (κ3) is 3.83. The number of anilines is 2. The van der Waals surface area contributed by atoms with E-state index in [1.165, 1.54) is 10.8 Å². The molecule has 1 aromatic heterocycles. The number of benzene rings is 2. The second kappa shape index (κ2) is 7.59. The van der Waals surface area contributed by atoms with Crippen LogP contribution in [0.15, 0.2) is 59.5 Å². The molecular weight excluding hydrogens is 344 g/mol. The molecule has 0 saturated carbocycles. The van der Waals surface area contributed by atoms with Crippen LogP contribution in [0.3, 0.4) is 0 Å². The highest BCUT2D eigenvalue weighted by Gasteiger charge is 2.12. The van der Waals surface area contributed by atoms with E-state index < -0.39 is 0 Å². The molecule has 0 radical (unpaired) electrons. The third-order valence-corrected chi connectivity index (χ3v) is 4.58. The molecule has 7 heteroatoms. The molecule has 0 atom stereocenters. The summed E-state index contributed by atoms with van der Waals surface area (Å²) in [6.45, 7) is 3.13. The second-order valence-electron chi connectivity index (χ2n) is 6.37. The summed E-state index contributed by atoms with van der Waals surface area (Å²) < 4.78 is 6.79. The van der Waals surface area contributed by atoms with Crippen molar-refractivity contribution >= 4 is 28.3 Å². The van der Waals surface area contributed by atoms with Crippen LogP contribution < -0.4 is 15.8 Å². The Kier molecular flexibility index (Phi) is 4.84. The lowest BCUT2D eigenvalue weighted by Gasteiger charge is -2.28. The monoisotopic (exact) mass is 364 g/mol. The summed E-state index contributed by atoms with van der Waals surface area (Å²) >= 11 is 0. The number of amides is 1. The second-order valence-corrected chi connectivity index (χ2v) is 6.37. The number of hydrogen-bond acceptors (Lipinski definition) is 5. The molecule has 1 fully saturated rings. The number of fused-ring (bicyclic) bond motifs is 1. The maximum Gasteiger partial charge on any atom is 0.269 e. The van der Waals surface area contributed by atoms with Gasteiger partial charge in [0.25, 0.3) is 5.56 Å². The number of rotatable bonds is 4. The summed E-state index contributed by atoms with van der Waals surface area (Å²) in [5, 5.41) is 2.85. The molecule has 0 spiro atoms. The lowest BCUT2D eigenvalue weighted by Crippen LogP contribution is -2.36. The minimum absolute atomic E-state index is 0.0624. The zero-order chi connectivity index (χ0) is 18.6. The van der Waals surface area contributed by atoms with Crippen molar-refractivity contribution in [2.45, 2.75) is 6.54 Å². The Balaban J connectivity index is 1.47. The fourth-order valence-electron chi connectivity index (χ4n) is 3.20. The smallest absolute Gasteiger partial charge is 0.269 e. The zero-order valence-electron chi connectivity index (χ0n) is 14.8. The van der Waals surface area contributed by atoms with E-state index >= 15 is 0 Å². The predicted octanol–water partition coefficient (Wildman–Crippen LogP) is 1.87. The van der Waals surface area contributed by atoms with Gasteiger partial charge in [0.1, 0.15) is 6.54 Å². The van der Waals surface area contributed by atoms with Crippen LogP contribution in [0.5, 0.6) is 0 Å². The number of nitrogens with one attached hydrogen (secondary N) is 1. The number of nitrogens with zero attached hydrogens (tertiary/aromatic N) is 3. The fraction of sp³-hybridized carbons (Fsp3) is 0.250. The minimum Gasteiger partial charge on any atom is -0.378 e. The summed E-state index contributed by atoms with van der Waals surface area (Å²) in [5.41, 5.74) is 2.82. The number of morpholine rings is 1. The number of carbonyl (C=O) groups excluding carboxylic acids is 1. The number of hydrogen-bond donors (Lipinski definition) is 1. The topological polar surface area (TPSA) is 76.5 Å². The molecule has 1 aliphatic rings. The molecule has 1 saturated heterocycles. The predicted molar refractivity (Wildman–Crippen MR) is 104 cm³/mol. The van der Waals surface area contributed by atoms with Gasteiger partial charge in [0, 0.05) is 24.5 Å². The van der Waals surface area contributed by atoms with Crippen molar-refractivity contribution < 1.29 is 9.53 Å². The number of para-hydroxylation sites is 2. The molecule has 2 aromatic carbocycles. The Morgan fingerprint density at radius 1 is 1.07 bits per heavy atom. The minimum atomic E-state index is -0.300. The molecule has 138 valence electrons. The van der Waals surface area contributed by atoms with Crippen LogP contribution in [0, 0.1) is 0 Å². The Bertz CT molecular complexity index is 1010. The van der Waals surface area contributed by atoms with Gasteiger partial charge in [-0.25, -0.2) is 4.98 Å². The van der Waals surface area contributed by atoms with Gasteiger partial charge >= 0.3 is 0 Å². The Morgan fingerprint density at radius 2 is 1.81 bits per heavy atom. The van der Waals surface area contributed by atoms with Crippen molar-refractivity contribution in [1.29, 1.82) is 0 Å². The third-order valence-electron chi connectivity index (χ3n) is 4.58. The van der Waals surface area contributed by atoms with Gasteiger partial charge in [-0.05, 0) is 36.4 Å². The number of carbonyl (C=O) groups is 1. The van der Waals surface area contributed by atoms with Gasteiger partial charge in [-0.15, -0.1) is 0 Å². The van der Waals surface area contributed by atoms with Crippen LogP contribution in [0.1, 0.15) is 0 Å². The van der Waals surface area contributed by atoms with E-state index in [0.717, 1.165) is 32.0 Å². The highest BCUT2D eigenvalue weighted by atomic mass is 16.5. The fourth-order valence-corrected chi connectivity index (χ4v) is 3.20. The lowest BCUT2D eigenvalue weighted by atomic mass is 10.2. The molecule has 2 heterocycles. The maximum atomic E-state index is 12.4. The summed E-state index contributed by atoms with van der Waals surface area (Å²) in [6, 6.07) is 15.0. The SMILES string of the molecule is O=C(Cn1c(=O)cnc2ccccc21)Nc1ccc(N2CCOCC2)cc1. The highest BCUT2D eigenvalue weighted by molar-refractivity contribution is 5.91. The first-order chi connectivity index (χ1) is 13.2. The van der Waals surface area contributed by atoms with Crippen LogP contribution in [0.2, 0.25) is 0 Å². The van der Waals surface area contributed by atoms with Crippen LogP contribution in [0.4, 0.5) is 11.4 Å². The van der Waals surface area contributed by atoms with Crippen LogP contribution in [-0.2, 0) is 16.1 Å². The lowest BCUT2D eigenvalue weighted by molar-refractivity contribution is -0.116. The molecule has 0 aliphatic carbocycles. The molecular formula is C20H20N4O3. The highest BCUT2D eigenvalue weighted by Crippen LogP contribution is 2.19. The van der Waals surface area contributed by atoms with Crippen molar-refractivity contribution in [2.24, 2.45) is 0 Å². The molecule has 0 bridgehead atoms. The Morgan fingerprint density at radius 3 is 2.59 bits per heavy atom. The van der Waals surface area contributed by atoms with Gasteiger partial charge < -0.3 is 15.0 Å². The van der Waals surface area contributed by atoms with Crippen LogP contribution >= 0.6 is 0 Å². The molecule has 1 N–H and O–H groups in total. The van der Waals surface area contributed by atoms with E-state index in [-0.39, 0.29) is 18.0 Å². The summed E-state index contributed by atoms with van der Waals surface area (Å²) in [7, 11) is 0. The Hall–Kier alpha value is -3.19. The van der Waals surface area contributed by atoms with Crippen LogP contribution in [-0.4, -0.2) is 41.8 Å². The largest absolute Gasteiger partial charge is 0.378 e. The van der Waals surface area contributed by atoms with E-state index in [2.05, 4.69) is 15.2 Å². The average Bonchev–Trinajstić information content (AvgIpc) is 2.71. The average molecular weight is 364 g/mol. The van der Waals surface area contributed by atoms with Gasteiger partial charge in [-0.2, -0.15) is 0 Å². The summed E-state index contributed by atoms with van der Waals surface area (Å²) in [4.78, 5) is 30.9. The first kappa shape index (κ1) is 17.2. The normalized spacial score (nSPS) is 14.3. The van der Waals surface area contributed by atoms with E-state index in [9.17, 15) is 9.59 Å². The molecule has 1 aliphatic heterocycles. The first-order valence-corrected chi connectivity index (χ1v) is 8.88. The summed E-state index contributed by atoms with van der Waals surface area (Å²) in [6.07, 6.45) is 1.24. The molecule has 7 nitrogen and oxygen atoms in total. The maximum absolute atomic E-state index is 12.4. The van der Waals surface area contributed by atoms with E-state index in [4.69, 9.17) is 4.74 Å². The zero-order valence-corrected chi connectivity index (χ0v) is 14.8. The van der Waals surface area contributed by atoms with Gasteiger partial charge in [0.2, 0.25) is 5.91 Å². The summed E-state index contributed by atoms with van der Waals surface area (Å²) in [5.74, 6) is -0.257. The Labute approximate surface area is 156 Å². The van der Waals surface area contributed by atoms with Crippen LogP contribution in [0.25, 0.3) is 11.0 Å². The van der Waals surface area contributed by atoms with Crippen molar-refractivity contribution in [3.63, 3.8) is 0 Å². The van der Waals surface area contributed by atoms with E-state index in [1.807, 2.05) is 42.5 Å². The van der Waals surface area contributed by atoms with Gasteiger partial charge in [-0.1, -0.05) is 12.1 Å².